The average molecular weight is 281 g/mol. The minimum atomic E-state index is -0.445. The van der Waals surface area contributed by atoms with Crippen LogP contribution in [0.1, 0.15) is 5.69 Å². The maximum absolute atomic E-state index is 10.9. The maximum atomic E-state index is 10.9. The quantitative estimate of drug-likeness (QED) is 0.575. The van der Waals surface area contributed by atoms with Crippen molar-refractivity contribution in [1.82, 2.24) is 10.2 Å². The molecule has 1 aromatic heterocycles. The molecular weight excluding hydrogens is 270 g/mol. The Morgan fingerprint density at radius 2 is 1.86 bits per heavy atom. The number of nitrogens with zero attached hydrogens (tertiary/aromatic N) is 3. The fourth-order valence-corrected chi connectivity index (χ4v) is 2.26. The summed E-state index contributed by atoms with van der Waals surface area (Å²) in [5.74, 6) is 0.0929. The van der Waals surface area contributed by atoms with Gasteiger partial charge in [0.05, 0.1) is 10.6 Å². The number of fused-ring (bicyclic) bond motifs is 1. The van der Waals surface area contributed by atoms with Gasteiger partial charge in [0, 0.05) is 28.5 Å². The summed E-state index contributed by atoms with van der Waals surface area (Å²) in [6.07, 6.45) is 0. The van der Waals surface area contributed by atoms with Crippen LogP contribution in [0, 0.1) is 17.0 Å². The molecule has 104 valence electrons. The van der Waals surface area contributed by atoms with Crippen LogP contribution < -0.4 is 0 Å². The van der Waals surface area contributed by atoms with Crippen molar-refractivity contribution in [2.75, 3.05) is 0 Å². The maximum Gasteiger partial charge on any atom is 0.270 e. The molecule has 3 rings (SSSR count). The number of phenolic OH excluding ortho intramolecular Hbond substituents is 1. The number of aromatic nitrogens is 2. The smallest absolute Gasteiger partial charge is 0.270 e. The van der Waals surface area contributed by atoms with E-state index in [2.05, 4.69) is 10.2 Å². The van der Waals surface area contributed by atoms with E-state index in [0.717, 1.165) is 5.39 Å². The number of para-hydroxylation sites is 1. The first-order chi connectivity index (χ1) is 10.1. The van der Waals surface area contributed by atoms with E-state index >= 15 is 0 Å². The van der Waals surface area contributed by atoms with Gasteiger partial charge in [-0.25, -0.2) is 0 Å². The number of phenols is 1. The summed E-state index contributed by atoms with van der Waals surface area (Å²) in [4.78, 5) is 10.4. The molecule has 0 saturated heterocycles. The Morgan fingerprint density at radius 1 is 1.10 bits per heavy atom. The van der Waals surface area contributed by atoms with Crippen LogP contribution in [0.3, 0.4) is 0 Å². The van der Waals surface area contributed by atoms with Gasteiger partial charge in [0.15, 0.2) is 0 Å². The van der Waals surface area contributed by atoms with Gasteiger partial charge >= 0.3 is 0 Å². The van der Waals surface area contributed by atoms with Gasteiger partial charge in [-0.05, 0) is 25.1 Å². The summed E-state index contributed by atoms with van der Waals surface area (Å²) in [7, 11) is 0. The van der Waals surface area contributed by atoms with Gasteiger partial charge in [-0.3, -0.25) is 10.1 Å². The van der Waals surface area contributed by atoms with E-state index in [0.29, 0.717) is 22.3 Å². The minimum Gasteiger partial charge on any atom is -0.507 e. The molecule has 6 nitrogen and oxygen atoms in total. The Balaban J connectivity index is 2.33. The van der Waals surface area contributed by atoms with Crippen LogP contribution in [-0.2, 0) is 0 Å². The van der Waals surface area contributed by atoms with Crippen LogP contribution in [-0.4, -0.2) is 20.2 Å². The van der Waals surface area contributed by atoms with Crippen molar-refractivity contribution in [3.8, 4) is 17.0 Å². The molecule has 3 aromatic rings. The van der Waals surface area contributed by atoms with E-state index in [1.165, 1.54) is 12.1 Å². The number of hydrogen-bond donors (Lipinski definition) is 1. The summed E-state index contributed by atoms with van der Waals surface area (Å²) in [5, 5.41) is 30.4. The molecule has 21 heavy (non-hydrogen) atoms. The molecule has 0 fully saturated rings. The highest BCUT2D eigenvalue weighted by molar-refractivity contribution is 5.97. The number of rotatable bonds is 2. The van der Waals surface area contributed by atoms with Gasteiger partial charge in [-0.2, -0.15) is 5.10 Å². The summed E-state index contributed by atoms with van der Waals surface area (Å²) < 4.78 is 0. The van der Waals surface area contributed by atoms with Crippen molar-refractivity contribution in [2.24, 2.45) is 0 Å². The molecule has 2 aromatic carbocycles. The summed E-state index contributed by atoms with van der Waals surface area (Å²) in [6, 6.07) is 11.3. The lowest BCUT2D eigenvalue weighted by atomic mass is 10.0. The van der Waals surface area contributed by atoms with Crippen LogP contribution in [0.25, 0.3) is 22.0 Å². The number of hydrogen-bond acceptors (Lipinski definition) is 5. The number of nitro groups is 1. The van der Waals surface area contributed by atoms with Crippen LogP contribution >= 0.6 is 0 Å². The van der Waals surface area contributed by atoms with E-state index in [1.807, 2.05) is 0 Å². The predicted molar refractivity (Wildman–Crippen MR) is 78.0 cm³/mol. The second-order valence-corrected chi connectivity index (χ2v) is 4.64. The molecule has 0 aliphatic heterocycles. The third-order valence-corrected chi connectivity index (χ3v) is 3.32. The highest BCUT2D eigenvalue weighted by Crippen LogP contribution is 2.34. The molecule has 1 heterocycles. The van der Waals surface area contributed by atoms with Gasteiger partial charge in [0.1, 0.15) is 11.4 Å². The van der Waals surface area contributed by atoms with Gasteiger partial charge in [0.2, 0.25) is 0 Å². The van der Waals surface area contributed by atoms with Crippen LogP contribution in [0.4, 0.5) is 5.69 Å². The van der Waals surface area contributed by atoms with Crippen LogP contribution in [0.15, 0.2) is 42.5 Å². The second kappa shape index (κ2) is 4.82. The van der Waals surface area contributed by atoms with Gasteiger partial charge in [0.25, 0.3) is 5.69 Å². The first-order valence-corrected chi connectivity index (χ1v) is 6.27. The molecule has 0 aliphatic rings. The number of aryl methyl sites for hydroxylation is 1. The molecule has 1 N–H and O–H groups in total. The van der Waals surface area contributed by atoms with Crippen LogP contribution in [0.5, 0.6) is 5.75 Å². The Hall–Kier alpha value is -3.02. The monoisotopic (exact) mass is 281 g/mol. The van der Waals surface area contributed by atoms with Crippen molar-refractivity contribution in [3.05, 3.63) is 58.3 Å². The van der Waals surface area contributed by atoms with Crippen LogP contribution in [0.2, 0.25) is 0 Å². The molecule has 0 radical (unpaired) electrons. The highest BCUT2D eigenvalue weighted by Gasteiger charge is 2.15. The number of benzene rings is 2. The first kappa shape index (κ1) is 13.0. The van der Waals surface area contributed by atoms with Crippen molar-refractivity contribution < 1.29 is 10.0 Å². The van der Waals surface area contributed by atoms with E-state index in [9.17, 15) is 15.2 Å². The lowest BCUT2D eigenvalue weighted by Crippen LogP contribution is -1.96. The van der Waals surface area contributed by atoms with Crippen molar-refractivity contribution in [1.29, 1.82) is 0 Å². The standard InChI is InChI=1S/C15H11N3O3/c1-9-13-8-10(18(20)21)6-7-11(13)15(17-16-9)12-4-2-3-5-14(12)19/h2-8,19H,1H3. The Morgan fingerprint density at radius 3 is 2.57 bits per heavy atom. The fraction of sp³-hybridized carbons (Fsp3) is 0.0667. The summed E-state index contributed by atoms with van der Waals surface area (Å²) >= 11 is 0. The average Bonchev–Trinajstić information content (AvgIpc) is 2.48. The van der Waals surface area contributed by atoms with Crippen molar-refractivity contribution in [2.45, 2.75) is 6.92 Å². The van der Waals surface area contributed by atoms with E-state index in [1.54, 1.807) is 37.3 Å². The number of aromatic hydroxyl groups is 1. The molecule has 0 atom stereocenters. The zero-order chi connectivity index (χ0) is 15.0. The Kier molecular flexibility index (Phi) is 2.98. The van der Waals surface area contributed by atoms with Gasteiger partial charge < -0.3 is 5.11 Å². The van der Waals surface area contributed by atoms with Gasteiger partial charge in [-0.1, -0.05) is 12.1 Å². The topological polar surface area (TPSA) is 89.2 Å². The van der Waals surface area contributed by atoms with Gasteiger partial charge in [-0.15, -0.1) is 5.10 Å². The largest absolute Gasteiger partial charge is 0.507 e. The minimum absolute atomic E-state index is 0.00170. The molecule has 0 unspecified atom stereocenters. The zero-order valence-corrected chi connectivity index (χ0v) is 11.1. The lowest BCUT2D eigenvalue weighted by Gasteiger charge is -2.08. The molecular formula is C15H11N3O3. The van der Waals surface area contributed by atoms with E-state index in [-0.39, 0.29) is 11.4 Å². The fourth-order valence-electron chi connectivity index (χ4n) is 2.26. The molecule has 0 aliphatic carbocycles. The predicted octanol–water partition coefficient (Wildman–Crippen LogP) is 3.22. The Labute approximate surface area is 119 Å². The molecule has 0 amide bonds. The molecule has 6 heteroatoms. The van der Waals surface area contributed by atoms with Crippen molar-refractivity contribution >= 4 is 16.5 Å². The zero-order valence-electron chi connectivity index (χ0n) is 11.1. The molecule has 0 saturated carbocycles. The van der Waals surface area contributed by atoms with E-state index in [4.69, 9.17) is 0 Å². The lowest BCUT2D eigenvalue weighted by molar-refractivity contribution is -0.384. The summed E-state index contributed by atoms with van der Waals surface area (Å²) in [5.41, 5.74) is 1.65. The van der Waals surface area contributed by atoms with Crippen molar-refractivity contribution in [3.63, 3.8) is 0 Å². The SMILES string of the molecule is Cc1nnc(-c2ccccc2O)c2ccc([N+](=O)[O-])cc12. The normalized spacial score (nSPS) is 10.7. The summed E-state index contributed by atoms with van der Waals surface area (Å²) in [6.45, 7) is 1.74. The second-order valence-electron chi connectivity index (χ2n) is 4.64. The van der Waals surface area contributed by atoms with E-state index < -0.39 is 4.92 Å². The molecule has 0 spiro atoms. The highest BCUT2D eigenvalue weighted by atomic mass is 16.6. The number of non-ortho nitro benzene ring substituents is 1. The Bertz CT molecular complexity index is 862. The molecule has 0 bridgehead atoms. The third kappa shape index (κ3) is 2.16. The third-order valence-electron chi connectivity index (χ3n) is 3.32. The first-order valence-electron chi connectivity index (χ1n) is 6.27. The number of nitro benzene ring substituents is 1.